The Hall–Kier alpha value is -1.27. The number of rotatable bonds is 2. The van der Waals surface area contributed by atoms with E-state index in [9.17, 15) is 13.2 Å². The molecule has 7 heteroatoms. The number of aliphatic hydroxyl groups excluding tert-OH is 1. The van der Waals surface area contributed by atoms with E-state index in [0.717, 1.165) is 0 Å². The van der Waals surface area contributed by atoms with Gasteiger partial charge in [0.2, 0.25) is 0 Å². The van der Waals surface area contributed by atoms with Crippen molar-refractivity contribution in [2.24, 2.45) is 0 Å². The van der Waals surface area contributed by atoms with E-state index in [1.807, 2.05) is 0 Å². The lowest BCUT2D eigenvalue weighted by atomic mass is 10.1. The molecule has 0 aliphatic carbocycles. The number of aromatic nitrogens is 1. The molecule has 104 valence electrons. The standard InChI is InChI=1S/C12H12ClF3N2O/c13-10-6-17-11(5-8(10)7-19)18-3-1-9(2-4-18)12(14,15)16/h1,5-6,19H,2-4,7H2. The highest BCUT2D eigenvalue weighted by atomic mass is 35.5. The molecule has 0 radical (unpaired) electrons. The quantitative estimate of drug-likeness (QED) is 0.852. The van der Waals surface area contributed by atoms with Crippen LogP contribution in [0.3, 0.4) is 0 Å². The number of anilines is 1. The molecule has 1 aliphatic rings. The zero-order valence-electron chi connectivity index (χ0n) is 9.91. The summed E-state index contributed by atoms with van der Waals surface area (Å²) in [5.41, 5.74) is 0.0114. The smallest absolute Gasteiger partial charge is 0.392 e. The monoisotopic (exact) mass is 292 g/mol. The van der Waals surface area contributed by atoms with Crippen molar-refractivity contribution in [1.29, 1.82) is 0 Å². The third-order valence-corrected chi connectivity index (χ3v) is 3.33. The van der Waals surface area contributed by atoms with Crippen LogP contribution in [0.25, 0.3) is 0 Å². The van der Waals surface area contributed by atoms with Crippen LogP contribution < -0.4 is 4.90 Å². The largest absolute Gasteiger partial charge is 0.412 e. The number of nitrogens with zero attached hydrogens (tertiary/aromatic N) is 2. The summed E-state index contributed by atoms with van der Waals surface area (Å²) in [7, 11) is 0. The Bertz CT molecular complexity index is 502. The second kappa shape index (κ2) is 5.38. The molecule has 2 heterocycles. The van der Waals surface area contributed by atoms with Crippen molar-refractivity contribution in [3.63, 3.8) is 0 Å². The number of halogens is 4. The van der Waals surface area contributed by atoms with Crippen LogP contribution >= 0.6 is 11.6 Å². The first kappa shape index (κ1) is 14.1. The summed E-state index contributed by atoms with van der Waals surface area (Å²) < 4.78 is 37.5. The second-order valence-corrected chi connectivity index (χ2v) is 4.62. The highest BCUT2D eigenvalue weighted by Crippen LogP contribution is 2.31. The Labute approximate surface area is 113 Å². The number of hydrogen-bond donors (Lipinski definition) is 1. The highest BCUT2D eigenvalue weighted by Gasteiger charge is 2.34. The first-order valence-electron chi connectivity index (χ1n) is 5.68. The van der Waals surface area contributed by atoms with Crippen molar-refractivity contribution in [2.75, 3.05) is 18.0 Å². The Morgan fingerprint density at radius 3 is 2.68 bits per heavy atom. The third-order valence-electron chi connectivity index (χ3n) is 2.99. The summed E-state index contributed by atoms with van der Waals surface area (Å²) in [6, 6.07) is 1.59. The van der Waals surface area contributed by atoms with Gasteiger partial charge in [0.1, 0.15) is 5.82 Å². The van der Waals surface area contributed by atoms with E-state index in [4.69, 9.17) is 16.7 Å². The fraction of sp³-hybridized carbons (Fsp3) is 0.417. The Morgan fingerprint density at radius 1 is 1.42 bits per heavy atom. The van der Waals surface area contributed by atoms with Crippen molar-refractivity contribution in [1.82, 2.24) is 4.98 Å². The van der Waals surface area contributed by atoms with Gasteiger partial charge in [-0.25, -0.2) is 4.98 Å². The molecule has 1 aromatic rings. The fourth-order valence-corrected chi connectivity index (χ4v) is 2.06. The van der Waals surface area contributed by atoms with Crippen LogP contribution in [0, 0.1) is 0 Å². The maximum atomic E-state index is 12.5. The lowest BCUT2D eigenvalue weighted by Gasteiger charge is -2.28. The SMILES string of the molecule is OCc1cc(N2CC=C(C(F)(F)F)CC2)ncc1Cl. The van der Waals surface area contributed by atoms with Crippen LogP contribution in [-0.2, 0) is 6.61 Å². The van der Waals surface area contributed by atoms with Gasteiger partial charge in [-0.2, -0.15) is 13.2 Å². The zero-order chi connectivity index (χ0) is 14.0. The molecule has 1 aliphatic heterocycles. The van der Waals surface area contributed by atoms with Gasteiger partial charge in [-0.1, -0.05) is 17.7 Å². The summed E-state index contributed by atoms with van der Waals surface area (Å²) in [4.78, 5) is 5.78. The van der Waals surface area contributed by atoms with Gasteiger partial charge in [-0.15, -0.1) is 0 Å². The highest BCUT2D eigenvalue weighted by molar-refractivity contribution is 6.31. The fourth-order valence-electron chi connectivity index (χ4n) is 1.90. The van der Waals surface area contributed by atoms with E-state index in [1.165, 1.54) is 12.3 Å². The minimum absolute atomic E-state index is 0.0672. The molecule has 1 N–H and O–H groups in total. The van der Waals surface area contributed by atoms with Crippen molar-refractivity contribution >= 4 is 17.4 Å². The molecule has 0 aromatic carbocycles. The molecule has 0 spiro atoms. The van der Waals surface area contributed by atoms with Crippen molar-refractivity contribution in [3.05, 3.63) is 34.5 Å². The molecule has 0 amide bonds. The van der Waals surface area contributed by atoms with Crippen LogP contribution in [0.1, 0.15) is 12.0 Å². The number of aliphatic hydroxyl groups is 1. The molecule has 3 nitrogen and oxygen atoms in total. The Balaban J connectivity index is 2.16. The zero-order valence-corrected chi connectivity index (χ0v) is 10.7. The average molecular weight is 293 g/mol. The van der Waals surface area contributed by atoms with Gasteiger partial charge in [0, 0.05) is 30.4 Å². The van der Waals surface area contributed by atoms with Crippen LogP contribution in [0.5, 0.6) is 0 Å². The summed E-state index contributed by atoms with van der Waals surface area (Å²) >= 11 is 5.82. The van der Waals surface area contributed by atoms with E-state index >= 15 is 0 Å². The number of hydrogen-bond acceptors (Lipinski definition) is 3. The molecular formula is C12H12ClF3N2O. The molecule has 0 unspecified atom stereocenters. The summed E-state index contributed by atoms with van der Waals surface area (Å²) in [5.74, 6) is 0.519. The van der Waals surface area contributed by atoms with Crippen LogP contribution in [-0.4, -0.2) is 29.4 Å². The topological polar surface area (TPSA) is 36.4 Å². The third kappa shape index (κ3) is 3.19. The minimum Gasteiger partial charge on any atom is -0.392 e. The predicted octanol–water partition coefficient (Wildman–Crippen LogP) is 2.93. The number of alkyl halides is 3. The predicted molar refractivity (Wildman–Crippen MR) is 66.1 cm³/mol. The summed E-state index contributed by atoms with van der Waals surface area (Å²) in [6.45, 7) is 0.158. The molecule has 2 rings (SSSR count). The van der Waals surface area contributed by atoms with Gasteiger partial charge >= 0.3 is 6.18 Å². The van der Waals surface area contributed by atoms with Crippen molar-refractivity contribution < 1.29 is 18.3 Å². The van der Waals surface area contributed by atoms with Gasteiger partial charge in [-0.05, 0) is 12.5 Å². The normalized spacial score (nSPS) is 16.5. The second-order valence-electron chi connectivity index (χ2n) is 4.22. The van der Waals surface area contributed by atoms with Gasteiger partial charge < -0.3 is 10.0 Å². The van der Waals surface area contributed by atoms with E-state index in [-0.39, 0.29) is 26.1 Å². The summed E-state index contributed by atoms with van der Waals surface area (Å²) in [5, 5.41) is 9.44. The summed E-state index contributed by atoms with van der Waals surface area (Å²) in [6.07, 6.45) is -1.76. The van der Waals surface area contributed by atoms with E-state index in [2.05, 4.69) is 4.98 Å². The lowest BCUT2D eigenvalue weighted by molar-refractivity contribution is -0.0944. The van der Waals surface area contributed by atoms with E-state index in [0.29, 0.717) is 16.4 Å². The molecule has 0 saturated carbocycles. The van der Waals surface area contributed by atoms with Crippen molar-refractivity contribution in [3.8, 4) is 0 Å². The maximum Gasteiger partial charge on any atom is 0.412 e. The molecule has 0 fully saturated rings. The molecule has 0 atom stereocenters. The van der Waals surface area contributed by atoms with Crippen LogP contribution in [0.15, 0.2) is 23.9 Å². The molecule has 0 saturated heterocycles. The van der Waals surface area contributed by atoms with E-state index in [1.54, 1.807) is 11.0 Å². The van der Waals surface area contributed by atoms with Gasteiger partial charge in [0.05, 0.1) is 11.6 Å². The number of pyridine rings is 1. The van der Waals surface area contributed by atoms with E-state index < -0.39 is 11.7 Å². The lowest BCUT2D eigenvalue weighted by Crippen LogP contribution is -2.32. The Kier molecular flexibility index (Phi) is 4.01. The molecule has 0 bridgehead atoms. The van der Waals surface area contributed by atoms with Crippen LogP contribution in [0.2, 0.25) is 5.02 Å². The molecule has 19 heavy (non-hydrogen) atoms. The van der Waals surface area contributed by atoms with Gasteiger partial charge in [0.25, 0.3) is 0 Å². The first-order chi connectivity index (χ1) is 8.91. The average Bonchev–Trinajstić information content (AvgIpc) is 2.38. The van der Waals surface area contributed by atoms with Gasteiger partial charge in [-0.3, -0.25) is 0 Å². The maximum absolute atomic E-state index is 12.5. The first-order valence-corrected chi connectivity index (χ1v) is 6.06. The minimum atomic E-state index is -4.25. The van der Waals surface area contributed by atoms with Crippen molar-refractivity contribution in [2.45, 2.75) is 19.2 Å². The molecule has 1 aromatic heterocycles. The van der Waals surface area contributed by atoms with Crippen LogP contribution in [0.4, 0.5) is 19.0 Å². The van der Waals surface area contributed by atoms with Gasteiger partial charge in [0.15, 0.2) is 0 Å². The molecular weight excluding hydrogens is 281 g/mol. The Morgan fingerprint density at radius 2 is 2.16 bits per heavy atom.